The maximum absolute atomic E-state index is 12.4. The number of thiazole rings is 1. The van der Waals surface area contributed by atoms with Gasteiger partial charge in [0.05, 0.1) is 24.9 Å². The number of hydrogen-bond donors (Lipinski definition) is 1. The van der Waals surface area contributed by atoms with Gasteiger partial charge in [-0.1, -0.05) is 6.07 Å². The lowest BCUT2D eigenvalue weighted by Gasteiger charge is -2.29. The molecular weight excluding hydrogens is 402 g/mol. The third kappa shape index (κ3) is 5.50. The van der Waals surface area contributed by atoms with Crippen LogP contribution in [0.3, 0.4) is 0 Å². The molecule has 0 unspecified atom stereocenters. The van der Waals surface area contributed by atoms with E-state index in [9.17, 15) is 9.59 Å². The Hall–Kier alpha value is -2.61. The number of rotatable bonds is 8. The summed E-state index contributed by atoms with van der Waals surface area (Å²) in [6.07, 6.45) is 3.33. The monoisotopic (exact) mass is 431 g/mol. The summed E-state index contributed by atoms with van der Waals surface area (Å²) in [4.78, 5) is 31.8. The average Bonchev–Trinajstić information content (AvgIpc) is 3.02. The maximum atomic E-state index is 12.4. The van der Waals surface area contributed by atoms with Crippen molar-refractivity contribution in [2.45, 2.75) is 52.1 Å². The number of carbonyl (C=O) groups is 2. The first kappa shape index (κ1) is 22.1. The third-order valence-electron chi connectivity index (χ3n) is 5.30. The number of hydrogen-bond acceptors (Lipinski definition) is 6. The van der Waals surface area contributed by atoms with Gasteiger partial charge in [0, 0.05) is 31.3 Å². The topological polar surface area (TPSA) is 80.8 Å². The highest BCUT2D eigenvalue weighted by atomic mass is 32.1. The Balaban J connectivity index is 1.68. The predicted octanol–water partition coefficient (Wildman–Crippen LogP) is 3.10. The van der Waals surface area contributed by atoms with Crippen LogP contribution < -0.4 is 14.8 Å². The van der Waals surface area contributed by atoms with Crippen molar-refractivity contribution in [1.29, 1.82) is 0 Å². The van der Waals surface area contributed by atoms with E-state index in [1.165, 1.54) is 11.8 Å². The normalized spacial score (nSPS) is 16.5. The van der Waals surface area contributed by atoms with E-state index in [1.807, 2.05) is 30.6 Å². The highest BCUT2D eigenvalue weighted by Gasteiger charge is 2.29. The second-order valence-corrected chi connectivity index (χ2v) is 8.33. The van der Waals surface area contributed by atoms with Gasteiger partial charge in [0.1, 0.15) is 6.04 Å². The molecule has 2 amide bonds. The van der Waals surface area contributed by atoms with Crippen LogP contribution in [-0.4, -0.2) is 48.0 Å². The van der Waals surface area contributed by atoms with Gasteiger partial charge in [-0.2, -0.15) is 0 Å². The van der Waals surface area contributed by atoms with Crippen LogP contribution in [0.5, 0.6) is 11.5 Å². The van der Waals surface area contributed by atoms with Gasteiger partial charge in [-0.25, -0.2) is 4.98 Å². The standard InChI is InChI=1S/C22H29N3O4S/c1-15-21(30-14-24-15)9-11-29-19-8-7-17(12-20(19)28-3)13-25(16(2)26)18-6-4-5-10-23-22(18)27/h7-8,12,14,18H,4-6,9-11,13H2,1-3H3,(H,23,27)/t18-/m0/s1. The van der Waals surface area contributed by atoms with Crippen molar-refractivity contribution in [2.24, 2.45) is 0 Å². The van der Waals surface area contributed by atoms with Crippen molar-refractivity contribution in [3.05, 3.63) is 39.8 Å². The van der Waals surface area contributed by atoms with E-state index >= 15 is 0 Å². The number of methoxy groups -OCH3 is 1. The number of aryl methyl sites for hydroxylation is 1. The first-order valence-corrected chi connectivity index (χ1v) is 11.1. The first-order valence-electron chi connectivity index (χ1n) is 10.2. The van der Waals surface area contributed by atoms with Gasteiger partial charge in [0.15, 0.2) is 11.5 Å². The lowest BCUT2D eigenvalue weighted by atomic mass is 10.1. The molecule has 1 aromatic heterocycles. The molecule has 1 aliphatic rings. The summed E-state index contributed by atoms with van der Waals surface area (Å²) in [5.74, 6) is 1.08. The van der Waals surface area contributed by atoms with Crippen LogP contribution in [0.15, 0.2) is 23.7 Å². The molecule has 162 valence electrons. The molecule has 2 heterocycles. The predicted molar refractivity (Wildman–Crippen MR) is 116 cm³/mol. The number of carbonyl (C=O) groups excluding carboxylic acids is 2. The van der Waals surface area contributed by atoms with Gasteiger partial charge in [0.25, 0.3) is 0 Å². The van der Waals surface area contributed by atoms with Gasteiger partial charge in [0.2, 0.25) is 11.8 Å². The molecule has 1 saturated heterocycles. The zero-order valence-corrected chi connectivity index (χ0v) is 18.6. The van der Waals surface area contributed by atoms with Crippen molar-refractivity contribution in [3.63, 3.8) is 0 Å². The molecule has 1 N–H and O–H groups in total. The molecule has 1 fully saturated rings. The summed E-state index contributed by atoms with van der Waals surface area (Å²) < 4.78 is 11.4. The largest absolute Gasteiger partial charge is 0.493 e. The Bertz CT molecular complexity index is 883. The average molecular weight is 432 g/mol. The van der Waals surface area contributed by atoms with Gasteiger partial charge in [-0.15, -0.1) is 11.3 Å². The van der Waals surface area contributed by atoms with Crippen LogP contribution in [0.4, 0.5) is 0 Å². The zero-order chi connectivity index (χ0) is 21.5. The molecule has 1 aliphatic heterocycles. The van der Waals surface area contributed by atoms with E-state index in [0.29, 0.717) is 37.6 Å². The lowest BCUT2D eigenvalue weighted by Crippen LogP contribution is -2.47. The van der Waals surface area contributed by atoms with E-state index in [2.05, 4.69) is 10.3 Å². The van der Waals surface area contributed by atoms with Crippen molar-refractivity contribution >= 4 is 23.2 Å². The zero-order valence-electron chi connectivity index (χ0n) is 17.8. The van der Waals surface area contributed by atoms with Crippen molar-refractivity contribution in [2.75, 3.05) is 20.3 Å². The van der Waals surface area contributed by atoms with Crippen LogP contribution in [0.2, 0.25) is 0 Å². The molecule has 0 spiro atoms. The Morgan fingerprint density at radius 1 is 1.33 bits per heavy atom. The fourth-order valence-corrected chi connectivity index (χ4v) is 4.37. The summed E-state index contributed by atoms with van der Waals surface area (Å²) in [6.45, 7) is 5.05. The number of nitrogens with zero attached hydrogens (tertiary/aromatic N) is 2. The number of aromatic nitrogens is 1. The summed E-state index contributed by atoms with van der Waals surface area (Å²) in [7, 11) is 1.60. The summed E-state index contributed by atoms with van der Waals surface area (Å²) in [5, 5.41) is 2.90. The lowest BCUT2D eigenvalue weighted by molar-refractivity contribution is -0.139. The Kier molecular flexibility index (Phi) is 7.68. The van der Waals surface area contributed by atoms with Gasteiger partial charge in [-0.05, 0) is 43.9 Å². The molecule has 1 atom stereocenters. The van der Waals surface area contributed by atoms with Gasteiger partial charge >= 0.3 is 0 Å². The molecule has 3 rings (SSSR count). The summed E-state index contributed by atoms with van der Waals surface area (Å²) in [5.41, 5.74) is 3.78. The molecular formula is C22H29N3O4S. The van der Waals surface area contributed by atoms with Crippen LogP contribution in [-0.2, 0) is 22.6 Å². The minimum atomic E-state index is -0.436. The van der Waals surface area contributed by atoms with Crippen LogP contribution in [0, 0.1) is 6.92 Å². The van der Waals surface area contributed by atoms with Crippen molar-refractivity contribution < 1.29 is 19.1 Å². The molecule has 30 heavy (non-hydrogen) atoms. The van der Waals surface area contributed by atoms with Gasteiger partial charge < -0.3 is 19.7 Å². The molecule has 0 bridgehead atoms. The molecule has 2 aromatic rings. The quantitative estimate of drug-likeness (QED) is 0.695. The highest BCUT2D eigenvalue weighted by Crippen LogP contribution is 2.29. The highest BCUT2D eigenvalue weighted by molar-refractivity contribution is 7.09. The van der Waals surface area contributed by atoms with E-state index < -0.39 is 6.04 Å². The number of amides is 2. The minimum absolute atomic E-state index is 0.0759. The minimum Gasteiger partial charge on any atom is -0.493 e. The number of benzene rings is 1. The first-order chi connectivity index (χ1) is 14.5. The molecule has 1 aromatic carbocycles. The molecule has 0 aliphatic carbocycles. The molecule has 8 heteroatoms. The maximum Gasteiger partial charge on any atom is 0.242 e. The number of ether oxygens (including phenoxy) is 2. The second-order valence-electron chi connectivity index (χ2n) is 7.39. The number of nitrogens with one attached hydrogen (secondary N) is 1. The second kappa shape index (κ2) is 10.4. The smallest absolute Gasteiger partial charge is 0.242 e. The molecule has 0 radical (unpaired) electrons. The van der Waals surface area contributed by atoms with E-state index in [-0.39, 0.29) is 11.8 Å². The fraction of sp³-hybridized carbons (Fsp3) is 0.500. The Morgan fingerprint density at radius 3 is 2.87 bits per heavy atom. The van der Waals surface area contributed by atoms with E-state index in [4.69, 9.17) is 9.47 Å². The SMILES string of the molecule is COc1cc(CN(C(C)=O)[C@H]2CCCCNC2=O)ccc1OCCc1scnc1C. The summed E-state index contributed by atoms with van der Waals surface area (Å²) >= 11 is 1.63. The molecule has 0 saturated carbocycles. The van der Waals surface area contributed by atoms with Crippen LogP contribution >= 0.6 is 11.3 Å². The van der Waals surface area contributed by atoms with Crippen LogP contribution in [0.25, 0.3) is 0 Å². The Morgan fingerprint density at radius 2 is 2.17 bits per heavy atom. The molecule has 7 nitrogen and oxygen atoms in total. The summed E-state index contributed by atoms with van der Waals surface area (Å²) in [6, 6.07) is 5.21. The van der Waals surface area contributed by atoms with E-state index in [0.717, 1.165) is 30.5 Å². The Labute approximate surface area is 181 Å². The van der Waals surface area contributed by atoms with Crippen molar-refractivity contribution in [1.82, 2.24) is 15.2 Å². The van der Waals surface area contributed by atoms with Crippen molar-refractivity contribution in [3.8, 4) is 11.5 Å². The van der Waals surface area contributed by atoms with E-state index in [1.54, 1.807) is 23.3 Å². The van der Waals surface area contributed by atoms with Crippen LogP contribution in [0.1, 0.15) is 42.3 Å². The third-order valence-corrected chi connectivity index (χ3v) is 6.29. The fourth-order valence-electron chi connectivity index (χ4n) is 3.61. The van der Waals surface area contributed by atoms with Gasteiger partial charge in [-0.3, -0.25) is 9.59 Å².